The number of rotatable bonds is 2. The molecule has 0 bridgehead atoms. The van der Waals surface area contributed by atoms with Crippen LogP contribution in [0.1, 0.15) is 38.5 Å². The van der Waals surface area contributed by atoms with Crippen molar-refractivity contribution < 1.29 is 4.74 Å². The van der Waals surface area contributed by atoms with Crippen LogP contribution in [-0.2, 0) is 0 Å². The lowest BCUT2D eigenvalue weighted by Crippen LogP contribution is -2.15. The molecule has 2 aromatic carbocycles. The number of benzene rings is 2. The SMILES string of the molecule is Nc1ccc(OC2CCCCCC2)c2ccccc12. The Morgan fingerprint density at radius 1 is 0.842 bits per heavy atom. The average molecular weight is 255 g/mol. The molecule has 0 saturated heterocycles. The zero-order chi connectivity index (χ0) is 13.1. The predicted molar refractivity (Wildman–Crippen MR) is 80.5 cm³/mol. The number of hydrogen-bond donors (Lipinski definition) is 1. The normalized spacial score (nSPS) is 17.3. The van der Waals surface area contributed by atoms with Gasteiger partial charge in [-0.15, -0.1) is 0 Å². The van der Waals surface area contributed by atoms with Gasteiger partial charge in [-0.2, -0.15) is 0 Å². The Bertz CT molecular complexity index is 556. The summed E-state index contributed by atoms with van der Waals surface area (Å²) in [5.74, 6) is 0.983. The van der Waals surface area contributed by atoms with Crippen molar-refractivity contribution in [1.29, 1.82) is 0 Å². The highest BCUT2D eigenvalue weighted by molar-refractivity contribution is 5.96. The zero-order valence-corrected chi connectivity index (χ0v) is 11.3. The van der Waals surface area contributed by atoms with Crippen LogP contribution in [0.15, 0.2) is 36.4 Å². The van der Waals surface area contributed by atoms with Gasteiger partial charge in [-0.05, 0) is 37.8 Å². The van der Waals surface area contributed by atoms with Crippen molar-refractivity contribution in [3.63, 3.8) is 0 Å². The van der Waals surface area contributed by atoms with Crippen LogP contribution in [0.5, 0.6) is 5.75 Å². The highest BCUT2D eigenvalue weighted by Crippen LogP contribution is 2.32. The minimum Gasteiger partial charge on any atom is -0.490 e. The second-order valence-corrected chi connectivity index (χ2v) is 5.43. The van der Waals surface area contributed by atoms with E-state index in [4.69, 9.17) is 10.5 Å². The van der Waals surface area contributed by atoms with Gasteiger partial charge in [-0.3, -0.25) is 0 Å². The van der Waals surface area contributed by atoms with E-state index in [9.17, 15) is 0 Å². The molecule has 0 unspecified atom stereocenters. The Kier molecular flexibility index (Phi) is 3.58. The third-order valence-electron chi connectivity index (χ3n) is 4.01. The van der Waals surface area contributed by atoms with Gasteiger partial charge in [0.15, 0.2) is 0 Å². The van der Waals surface area contributed by atoms with Crippen molar-refractivity contribution in [3.05, 3.63) is 36.4 Å². The van der Waals surface area contributed by atoms with Gasteiger partial charge >= 0.3 is 0 Å². The van der Waals surface area contributed by atoms with Crippen LogP contribution in [-0.4, -0.2) is 6.10 Å². The zero-order valence-electron chi connectivity index (χ0n) is 11.3. The first-order valence-electron chi connectivity index (χ1n) is 7.28. The molecule has 0 aromatic heterocycles. The Balaban J connectivity index is 1.90. The topological polar surface area (TPSA) is 35.2 Å². The minimum absolute atomic E-state index is 0.370. The van der Waals surface area contributed by atoms with Gasteiger partial charge in [0, 0.05) is 16.5 Å². The van der Waals surface area contributed by atoms with Crippen LogP contribution in [0.25, 0.3) is 10.8 Å². The molecule has 2 N–H and O–H groups in total. The van der Waals surface area contributed by atoms with E-state index in [1.54, 1.807) is 0 Å². The van der Waals surface area contributed by atoms with Crippen molar-refractivity contribution in [2.45, 2.75) is 44.6 Å². The fourth-order valence-corrected chi connectivity index (χ4v) is 2.94. The van der Waals surface area contributed by atoms with Crippen molar-refractivity contribution >= 4 is 16.5 Å². The van der Waals surface area contributed by atoms with Crippen LogP contribution < -0.4 is 10.5 Å². The van der Waals surface area contributed by atoms with Crippen LogP contribution in [0.3, 0.4) is 0 Å². The molecular weight excluding hydrogens is 234 g/mol. The summed E-state index contributed by atoms with van der Waals surface area (Å²) in [5, 5.41) is 2.22. The molecule has 0 radical (unpaired) electrons. The minimum atomic E-state index is 0.370. The van der Waals surface area contributed by atoms with Gasteiger partial charge in [0.2, 0.25) is 0 Å². The first kappa shape index (κ1) is 12.3. The predicted octanol–water partition coefficient (Wildman–Crippen LogP) is 4.52. The van der Waals surface area contributed by atoms with Crippen LogP contribution in [0, 0.1) is 0 Å². The molecular formula is C17H21NO. The summed E-state index contributed by atoms with van der Waals surface area (Å²) in [6.45, 7) is 0. The summed E-state index contributed by atoms with van der Waals surface area (Å²) in [6.07, 6.45) is 8.01. The van der Waals surface area contributed by atoms with Gasteiger partial charge in [-0.25, -0.2) is 0 Å². The monoisotopic (exact) mass is 255 g/mol. The molecule has 0 spiro atoms. The van der Waals surface area contributed by atoms with Gasteiger partial charge in [0.05, 0.1) is 6.10 Å². The van der Waals surface area contributed by atoms with E-state index in [-0.39, 0.29) is 0 Å². The maximum absolute atomic E-state index is 6.25. The molecule has 0 amide bonds. The van der Waals surface area contributed by atoms with E-state index in [0.717, 1.165) is 22.2 Å². The summed E-state index contributed by atoms with van der Waals surface area (Å²) in [6, 6.07) is 12.2. The largest absolute Gasteiger partial charge is 0.490 e. The first-order valence-corrected chi connectivity index (χ1v) is 7.28. The molecule has 100 valence electrons. The van der Waals surface area contributed by atoms with E-state index in [0.29, 0.717) is 6.10 Å². The molecule has 2 aromatic rings. The Hall–Kier alpha value is -1.70. The van der Waals surface area contributed by atoms with E-state index in [1.165, 1.54) is 38.5 Å². The lowest BCUT2D eigenvalue weighted by Gasteiger charge is -2.19. The van der Waals surface area contributed by atoms with Crippen molar-refractivity contribution in [3.8, 4) is 5.75 Å². The lowest BCUT2D eigenvalue weighted by atomic mass is 10.1. The summed E-state index contributed by atoms with van der Waals surface area (Å²) in [5.41, 5.74) is 6.85. The number of fused-ring (bicyclic) bond motifs is 1. The molecule has 0 aliphatic heterocycles. The average Bonchev–Trinajstić information content (AvgIpc) is 2.71. The van der Waals surface area contributed by atoms with Crippen LogP contribution >= 0.6 is 0 Å². The molecule has 2 nitrogen and oxygen atoms in total. The van der Waals surface area contributed by atoms with Crippen LogP contribution in [0.2, 0.25) is 0 Å². The van der Waals surface area contributed by atoms with E-state index < -0.39 is 0 Å². The molecule has 0 atom stereocenters. The van der Waals surface area contributed by atoms with Gasteiger partial charge in [0.1, 0.15) is 5.75 Å². The summed E-state index contributed by atoms with van der Waals surface area (Å²) < 4.78 is 6.25. The van der Waals surface area contributed by atoms with Gasteiger partial charge in [-0.1, -0.05) is 37.1 Å². The fraction of sp³-hybridized carbons (Fsp3) is 0.412. The molecule has 1 aliphatic carbocycles. The molecule has 0 heterocycles. The van der Waals surface area contributed by atoms with Gasteiger partial charge < -0.3 is 10.5 Å². The third-order valence-corrected chi connectivity index (χ3v) is 4.01. The molecule has 1 fully saturated rings. The highest BCUT2D eigenvalue weighted by atomic mass is 16.5. The summed E-state index contributed by atoms with van der Waals surface area (Å²) in [4.78, 5) is 0. The number of hydrogen-bond acceptors (Lipinski definition) is 2. The molecule has 19 heavy (non-hydrogen) atoms. The van der Waals surface area contributed by atoms with E-state index in [2.05, 4.69) is 12.1 Å². The smallest absolute Gasteiger partial charge is 0.127 e. The van der Waals surface area contributed by atoms with Gasteiger partial charge in [0.25, 0.3) is 0 Å². The maximum Gasteiger partial charge on any atom is 0.127 e. The van der Waals surface area contributed by atoms with Crippen LogP contribution in [0.4, 0.5) is 5.69 Å². The second-order valence-electron chi connectivity index (χ2n) is 5.43. The molecule has 2 heteroatoms. The van der Waals surface area contributed by atoms with Crippen molar-refractivity contribution in [2.75, 3.05) is 5.73 Å². The summed E-state index contributed by atoms with van der Waals surface area (Å²) >= 11 is 0. The Morgan fingerprint density at radius 3 is 2.26 bits per heavy atom. The lowest BCUT2D eigenvalue weighted by molar-refractivity contribution is 0.186. The maximum atomic E-state index is 6.25. The second kappa shape index (κ2) is 5.52. The molecule has 1 saturated carbocycles. The van der Waals surface area contributed by atoms with E-state index >= 15 is 0 Å². The highest BCUT2D eigenvalue weighted by Gasteiger charge is 2.15. The first-order chi connectivity index (χ1) is 9.34. The Morgan fingerprint density at radius 2 is 1.53 bits per heavy atom. The molecule has 1 aliphatic rings. The standard InChI is InChI=1S/C17H21NO/c18-16-11-12-17(15-10-6-5-9-14(15)16)19-13-7-3-1-2-4-8-13/h5-6,9-13H,1-4,7-8,18H2. The molecule has 3 rings (SSSR count). The van der Waals surface area contributed by atoms with Crippen molar-refractivity contribution in [1.82, 2.24) is 0 Å². The third kappa shape index (κ3) is 2.67. The Labute approximate surface area is 114 Å². The number of nitrogens with two attached hydrogens (primary N) is 1. The quantitative estimate of drug-likeness (QED) is 0.632. The van der Waals surface area contributed by atoms with Crippen molar-refractivity contribution in [2.24, 2.45) is 0 Å². The fourth-order valence-electron chi connectivity index (χ4n) is 2.94. The summed E-state index contributed by atoms with van der Waals surface area (Å²) in [7, 11) is 0. The number of nitrogen functional groups attached to an aromatic ring is 1. The number of ether oxygens (including phenoxy) is 1. The van der Waals surface area contributed by atoms with E-state index in [1.807, 2.05) is 24.3 Å². The number of anilines is 1.